The molecule has 102 valence electrons. The minimum Gasteiger partial charge on any atom is -0.464 e. The Labute approximate surface area is 106 Å². The van der Waals surface area contributed by atoms with Crippen LogP contribution in [0.2, 0.25) is 0 Å². The summed E-state index contributed by atoms with van der Waals surface area (Å²) in [6.45, 7) is 13.8. The van der Waals surface area contributed by atoms with Crippen molar-refractivity contribution >= 4 is 5.97 Å². The van der Waals surface area contributed by atoms with Gasteiger partial charge in [0.15, 0.2) is 0 Å². The van der Waals surface area contributed by atoms with Crippen molar-refractivity contribution in [2.45, 2.75) is 48.0 Å². The van der Waals surface area contributed by atoms with Crippen LogP contribution < -0.4 is 5.32 Å². The van der Waals surface area contributed by atoms with E-state index in [4.69, 9.17) is 4.74 Å². The Morgan fingerprint density at radius 3 is 2.12 bits per heavy atom. The quantitative estimate of drug-likeness (QED) is 0.576. The summed E-state index contributed by atoms with van der Waals surface area (Å²) in [7, 11) is 1.85. The second-order valence-corrected chi connectivity index (χ2v) is 6.55. The Morgan fingerprint density at radius 2 is 1.76 bits per heavy atom. The lowest BCUT2D eigenvalue weighted by atomic mass is 9.69. The van der Waals surface area contributed by atoms with Crippen molar-refractivity contribution in [2.24, 2.45) is 16.7 Å². The standard InChI is InChI=1S/C14H29NO2/c1-11(2)14(6,10-13(3,4)5)12(16)17-9-8-15-7/h11,15H,8-10H2,1-7H3. The molecule has 0 aliphatic heterocycles. The van der Waals surface area contributed by atoms with Crippen molar-refractivity contribution in [1.82, 2.24) is 5.32 Å². The number of nitrogens with one attached hydrogen (secondary N) is 1. The van der Waals surface area contributed by atoms with Crippen LogP contribution in [0, 0.1) is 16.7 Å². The van der Waals surface area contributed by atoms with Crippen LogP contribution in [0.25, 0.3) is 0 Å². The molecule has 3 heteroatoms. The Hall–Kier alpha value is -0.570. The minimum atomic E-state index is -0.397. The molecule has 0 aromatic heterocycles. The van der Waals surface area contributed by atoms with Crippen LogP contribution in [0.1, 0.15) is 48.0 Å². The predicted molar refractivity (Wildman–Crippen MR) is 71.9 cm³/mol. The number of ether oxygens (including phenoxy) is 1. The number of esters is 1. The molecule has 0 saturated carbocycles. The fraction of sp³-hybridized carbons (Fsp3) is 0.929. The predicted octanol–water partition coefficient (Wildman–Crippen LogP) is 2.85. The molecule has 0 bridgehead atoms. The molecular formula is C14H29NO2. The third-order valence-electron chi connectivity index (χ3n) is 3.22. The lowest BCUT2D eigenvalue weighted by Gasteiger charge is -2.36. The molecule has 0 spiro atoms. The van der Waals surface area contributed by atoms with Crippen molar-refractivity contribution in [3.05, 3.63) is 0 Å². The lowest BCUT2D eigenvalue weighted by molar-refractivity contribution is -0.159. The maximum Gasteiger partial charge on any atom is 0.312 e. The molecule has 1 N–H and O–H groups in total. The number of hydrogen-bond donors (Lipinski definition) is 1. The van der Waals surface area contributed by atoms with Gasteiger partial charge in [0.25, 0.3) is 0 Å². The topological polar surface area (TPSA) is 38.3 Å². The van der Waals surface area contributed by atoms with E-state index in [9.17, 15) is 4.79 Å². The van der Waals surface area contributed by atoms with Gasteiger partial charge in [-0.15, -0.1) is 0 Å². The van der Waals surface area contributed by atoms with Gasteiger partial charge in [0.1, 0.15) is 6.61 Å². The van der Waals surface area contributed by atoms with E-state index in [1.807, 2.05) is 14.0 Å². The van der Waals surface area contributed by atoms with E-state index in [2.05, 4.69) is 39.9 Å². The molecule has 17 heavy (non-hydrogen) atoms. The molecule has 0 amide bonds. The molecule has 0 aliphatic carbocycles. The summed E-state index contributed by atoms with van der Waals surface area (Å²) in [5.74, 6) is 0.210. The van der Waals surface area contributed by atoms with Crippen molar-refractivity contribution in [2.75, 3.05) is 20.2 Å². The molecule has 3 nitrogen and oxygen atoms in total. The van der Waals surface area contributed by atoms with Crippen LogP contribution in [0.4, 0.5) is 0 Å². The number of carbonyl (C=O) groups is 1. The summed E-state index contributed by atoms with van der Waals surface area (Å²) in [5, 5.41) is 2.97. The summed E-state index contributed by atoms with van der Waals surface area (Å²) < 4.78 is 5.35. The summed E-state index contributed by atoms with van der Waals surface area (Å²) >= 11 is 0. The normalized spacial score (nSPS) is 15.8. The Kier molecular flexibility index (Phi) is 6.17. The molecule has 0 aliphatic rings. The zero-order chi connectivity index (χ0) is 13.7. The van der Waals surface area contributed by atoms with E-state index in [0.29, 0.717) is 13.2 Å². The second kappa shape index (κ2) is 6.39. The number of carbonyl (C=O) groups excluding carboxylic acids is 1. The van der Waals surface area contributed by atoms with Gasteiger partial charge in [0.2, 0.25) is 0 Å². The molecule has 0 aromatic rings. The first kappa shape index (κ1) is 16.4. The average molecular weight is 243 g/mol. The minimum absolute atomic E-state index is 0.0716. The number of rotatable bonds is 6. The van der Waals surface area contributed by atoms with Crippen molar-refractivity contribution in [1.29, 1.82) is 0 Å². The van der Waals surface area contributed by atoms with Crippen LogP contribution >= 0.6 is 0 Å². The maximum absolute atomic E-state index is 12.2. The third-order valence-corrected chi connectivity index (χ3v) is 3.22. The smallest absolute Gasteiger partial charge is 0.312 e. The first-order valence-electron chi connectivity index (χ1n) is 6.45. The molecule has 1 unspecified atom stereocenters. The van der Waals surface area contributed by atoms with Crippen LogP contribution in [0.5, 0.6) is 0 Å². The molecule has 0 saturated heterocycles. The van der Waals surface area contributed by atoms with Gasteiger partial charge in [-0.2, -0.15) is 0 Å². The highest BCUT2D eigenvalue weighted by Crippen LogP contribution is 2.40. The summed E-state index contributed by atoms with van der Waals surface area (Å²) in [4.78, 5) is 12.2. The van der Waals surface area contributed by atoms with Gasteiger partial charge in [-0.05, 0) is 31.7 Å². The molecular weight excluding hydrogens is 214 g/mol. The molecule has 0 aromatic carbocycles. The van der Waals surface area contributed by atoms with Gasteiger partial charge in [-0.25, -0.2) is 0 Å². The van der Waals surface area contributed by atoms with Crippen LogP contribution in [-0.2, 0) is 9.53 Å². The molecule has 0 radical (unpaired) electrons. The fourth-order valence-corrected chi connectivity index (χ4v) is 2.02. The van der Waals surface area contributed by atoms with Gasteiger partial charge in [-0.3, -0.25) is 4.79 Å². The first-order valence-corrected chi connectivity index (χ1v) is 6.45. The number of hydrogen-bond acceptors (Lipinski definition) is 3. The zero-order valence-corrected chi connectivity index (χ0v) is 12.5. The largest absolute Gasteiger partial charge is 0.464 e. The van der Waals surface area contributed by atoms with Crippen LogP contribution in [0.3, 0.4) is 0 Å². The van der Waals surface area contributed by atoms with Gasteiger partial charge >= 0.3 is 5.97 Å². The van der Waals surface area contributed by atoms with Gasteiger partial charge < -0.3 is 10.1 Å². The van der Waals surface area contributed by atoms with E-state index in [1.165, 1.54) is 0 Å². The monoisotopic (exact) mass is 243 g/mol. The van der Waals surface area contributed by atoms with Gasteiger partial charge in [0.05, 0.1) is 5.41 Å². The summed E-state index contributed by atoms with van der Waals surface area (Å²) in [5.41, 5.74) is -0.271. The van der Waals surface area contributed by atoms with E-state index in [0.717, 1.165) is 6.42 Å². The van der Waals surface area contributed by atoms with E-state index in [1.54, 1.807) is 0 Å². The maximum atomic E-state index is 12.2. The highest BCUT2D eigenvalue weighted by Gasteiger charge is 2.41. The van der Waals surface area contributed by atoms with Gasteiger partial charge in [-0.1, -0.05) is 34.6 Å². The third kappa shape index (κ3) is 5.53. The molecule has 0 rings (SSSR count). The van der Waals surface area contributed by atoms with Crippen LogP contribution in [-0.4, -0.2) is 26.2 Å². The fourth-order valence-electron chi connectivity index (χ4n) is 2.02. The van der Waals surface area contributed by atoms with E-state index < -0.39 is 5.41 Å². The second-order valence-electron chi connectivity index (χ2n) is 6.55. The first-order chi connectivity index (χ1) is 7.63. The average Bonchev–Trinajstić information content (AvgIpc) is 2.14. The van der Waals surface area contributed by atoms with E-state index in [-0.39, 0.29) is 17.3 Å². The Balaban J connectivity index is 4.65. The Morgan fingerprint density at radius 1 is 1.24 bits per heavy atom. The van der Waals surface area contributed by atoms with Crippen molar-refractivity contribution in [3.8, 4) is 0 Å². The zero-order valence-electron chi connectivity index (χ0n) is 12.5. The highest BCUT2D eigenvalue weighted by molar-refractivity contribution is 5.76. The Bertz CT molecular complexity index is 243. The van der Waals surface area contributed by atoms with Crippen molar-refractivity contribution in [3.63, 3.8) is 0 Å². The highest BCUT2D eigenvalue weighted by atomic mass is 16.5. The molecule has 0 fully saturated rings. The number of likely N-dealkylation sites (N-methyl/N-ethyl adjacent to an activating group) is 1. The SMILES string of the molecule is CNCCOC(=O)C(C)(CC(C)(C)C)C(C)C. The van der Waals surface area contributed by atoms with Crippen LogP contribution in [0.15, 0.2) is 0 Å². The van der Waals surface area contributed by atoms with Gasteiger partial charge in [0, 0.05) is 6.54 Å². The van der Waals surface area contributed by atoms with Crippen molar-refractivity contribution < 1.29 is 9.53 Å². The summed E-state index contributed by atoms with van der Waals surface area (Å²) in [6.07, 6.45) is 0.843. The lowest BCUT2D eigenvalue weighted by Crippen LogP contribution is -2.39. The molecule has 0 heterocycles. The molecule has 1 atom stereocenters. The van der Waals surface area contributed by atoms with E-state index >= 15 is 0 Å². The summed E-state index contributed by atoms with van der Waals surface area (Å²) in [6, 6.07) is 0.